The van der Waals surface area contributed by atoms with Crippen molar-refractivity contribution in [2.24, 2.45) is 11.1 Å². The molecule has 1 aliphatic heterocycles. The fourth-order valence-electron chi connectivity index (χ4n) is 2.52. The standard InChI is InChI=1S/C15H20BrFN2O.ClH/c1-15(2)9-19(6-5-13(15)18)14(20)8-10-3-4-12(17)11(16)7-10;/h3-4,7,13H,5-6,8-9,18H2,1-2H3;1H. The molecule has 0 aliphatic carbocycles. The van der Waals surface area contributed by atoms with Crippen molar-refractivity contribution in [2.75, 3.05) is 13.1 Å². The molecule has 6 heteroatoms. The second-order valence-corrected chi connectivity index (χ2v) is 6.98. The van der Waals surface area contributed by atoms with Crippen LogP contribution >= 0.6 is 28.3 Å². The van der Waals surface area contributed by atoms with Gasteiger partial charge in [-0.1, -0.05) is 19.9 Å². The van der Waals surface area contributed by atoms with Crippen LogP contribution in [-0.2, 0) is 11.2 Å². The normalized spacial score (nSPS) is 20.8. The number of nitrogens with zero attached hydrogens (tertiary/aromatic N) is 1. The quantitative estimate of drug-likeness (QED) is 0.858. The molecule has 1 amide bonds. The van der Waals surface area contributed by atoms with Crippen molar-refractivity contribution in [1.82, 2.24) is 4.90 Å². The lowest BCUT2D eigenvalue weighted by atomic mass is 9.79. The molecule has 1 aliphatic rings. The summed E-state index contributed by atoms with van der Waals surface area (Å²) in [5.74, 6) is -0.241. The molecule has 0 saturated carbocycles. The maximum atomic E-state index is 13.2. The number of rotatable bonds is 2. The monoisotopic (exact) mass is 378 g/mol. The number of carbonyl (C=O) groups is 1. The predicted octanol–water partition coefficient (Wildman–Crippen LogP) is 3.14. The summed E-state index contributed by atoms with van der Waals surface area (Å²) in [5.41, 5.74) is 6.84. The van der Waals surface area contributed by atoms with Crippen molar-refractivity contribution >= 4 is 34.2 Å². The Morgan fingerprint density at radius 2 is 2.19 bits per heavy atom. The van der Waals surface area contributed by atoms with Gasteiger partial charge in [0, 0.05) is 19.1 Å². The van der Waals surface area contributed by atoms with Gasteiger partial charge in [0.25, 0.3) is 0 Å². The van der Waals surface area contributed by atoms with E-state index in [4.69, 9.17) is 5.73 Å². The maximum Gasteiger partial charge on any atom is 0.227 e. The summed E-state index contributed by atoms with van der Waals surface area (Å²) in [5, 5.41) is 0. The van der Waals surface area contributed by atoms with Crippen molar-refractivity contribution in [2.45, 2.75) is 32.7 Å². The molecule has 0 radical (unpaired) electrons. The number of benzene rings is 1. The Morgan fingerprint density at radius 1 is 1.52 bits per heavy atom. The molecule has 0 spiro atoms. The Morgan fingerprint density at radius 3 is 2.76 bits per heavy atom. The number of hydrogen-bond donors (Lipinski definition) is 1. The van der Waals surface area contributed by atoms with Crippen LogP contribution in [0.15, 0.2) is 22.7 Å². The fourth-order valence-corrected chi connectivity index (χ4v) is 2.95. The van der Waals surface area contributed by atoms with E-state index in [2.05, 4.69) is 29.8 Å². The van der Waals surface area contributed by atoms with Crippen LogP contribution in [0.3, 0.4) is 0 Å². The molecular formula is C15H21BrClFN2O. The smallest absolute Gasteiger partial charge is 0.227 e. The molecule has 3 nitrogen and oxygen atoms in total. The van der Waals surface area contributed by atoms with Gasteiger partial charge in [-0.2, -0.15) is 0 Å². The first-order valence-corrected chi connectivity index (χ1v) is 7.56. The minimum absolute atomic E-state index is 0. The van der Waals surface area contributed by atoms with E-state index in [1.54, 1.807) is 12.1 Å². The lowest BCUT2D eigenvalue weighted by molar-refractivity contribution is -0.133. The Balaban J connectivity index is 0.00000220. The van der Waals surface area contributed by atoms with Gasteiger partial charge in [0.2, 0.25) is 5.91 Å². The number of piperidine rings is 1. The van der Waals surface area contributed by atoms with Crippen molar-refractivity contribution in [3.8, 4) is 0 Å². The zero-order valence-corrected chi connectivity index (χ0v) is 14.6. The molecule has 0 bridgehead atoms. The summed E-state index contributed by atoms with van der Waals surface area (Å²) in [6.07, 6.45) is 1.12. The highest BCUT2D eigenvalue weighted by Crippen LogP contribution is 2.28. The lowest BCUT2D eigenvalue weighted by Crippen LogP contribution is -2.54. The number of halogens is 3. The molecule has 1 aromatic carbocycles. The Kier molecular flexibility index (Phi) is 6.20. The van der Waals surface area contributed by atoms with Crippen LogP contribution < -0.4 is 5.73 Å². The molecule has 1 heterocycles. The summed E-state index contributed by atoms with van der Waals surface area (Å²) in [6.45, 7) is 5.55. The van der Waals surface area contributed by atoms with Gasteiger partial charge in [0.15, 0.2) is 0 Å². The second-order valence-electron chi connectivity index (χ2n) is 6.12. The topological polar surface area (TPSA) is 46.3 Å². The Hall–Kier alpha value is -0.650. The molecule has 1 fully saturated rings. The molecule has 2 rings (SSSR count). The maximum absolute atomic E-state index is 13.2. The van der Waals surface area contributed by atoms with Crippen LogP contribution in [0.2, 0.25) is 0 Å². The highest BCUT2D eigenvalue weighted by Gasteiger charge is 2.35. The summed E-state index contributed by atoms with van der Waals surface area (Å²) in [6, 6.07) is 4.82. The van der Waals surface area contributed by atoms with Crippen LogP contribution in [0.25, 0.3) is 0 Å². The van der Waals surface area contributed by atoms with Gasteiger partial charge in [-0.15, -0.1) is 12.4 Å². The van der Waals surface area contributed by atoms with E-state index in [-0.39, 0.29) is 35.6 Å². The number of likely N-dealkylation sites (tertiary alicyclic amines) is 1. The van der Waals surface area contributed by atoms with Gasteiger partial charge in [0.05, 0.1) is 10.9 Å². The third-order valence-corrected chi connectivity index (χ3v) is 4.61. The van der Waals surface area contributed by atoms with Gasteiger partial charge in [0.1, 0.15) is 5.82 Å². The van der Waals surface area contributed by atoms with Gasteiger partial charge >= 0.3 is 0 Å². The number of carbonyl (C=O) groups excluding carboxylic acids is 1. The van der Waals surface area contributed by atoms with Gasteiger partial charge in [-0.05, 0) is 45.5 Å². The van der Waals surface area contributed by atoms with Gasteiger partial charge in [-0.25, -0.2) is 4.39 Å². The van der Waals surface area contributed by atoms with E-state index in [9.17, 15) is 9.18 Å². The third-order valence-electron chi connectivity index (χ3n) is 4.00. The van der Waals surface area contributed by atoms with Gasteiger partial charge < -0.3 is 10.6 Å². The lowest BCUT2D eigenvalue weighted by Gasteiger charge is -2.42. The first-order valence-electron chi connectivity index (χ1n) is 6.77. The number of nitrogens with two attached hydrogens (primary N) is 1. The molecule has 118 valence electrons. The van der Waals surface area contributed by atoms with E-state index in [0.717, 1.165) is 12.0 Å². The minimum atomic E-state index is -0.314. The summed E-state index contributed by atoms with van der Waals surface area (Å²) < 4.78 is 13.6. The number of hydrogen-bond acceptors (Lipinski definition) is 2. The Bertz CT molecular complexity index is 524. The van der Waals surface area contributed by atoms with E-state index in [1.165, 1.54) is 6.07 Å². The van der Waals surface area contributed by atoms with Crippen molar-refractivity contribution in [3.05, 3.63) is 34.1 Å². The van der Waals surface area contributed by atoms with E-state index in [1.807, 2.05) is 4.90 Å². The molecule has 1 aromatic rings. The van der Waals surface area contributed by atoms with Crippen molar-refractivity contribution in [3.63, 3.8) is 0 Å². The average Bonchev–Trinajstić information content (AvgIpc) is 2.37. The van der Waals surface area contributed by atoms with Crippen LogP contribution in [0, 0.1) is 11.2 Å². The second kappa shape index (κ2) is 7.07. The highest BCUT2D eigenvalue weighted by molar-refractivity contribution is 9.10. The first-order chi connectivity index (χ1) is 9.29. The molecular weight excluding hydrogens is 359 g/mol. The summed E-state index contributed by atoms with van der Waals surface area (Å²) in [7, 11) is 0. The SMILES string of the molecule is CC1(C)CN(C(=O)Cc2ccc(F)c(Br)c2)CCC1N.Cl. The zero-order chi connectivity index (χ0) is 14.9. The molecule has 1 unspecified atom stereocenters. The van der Waals surface area contributed by atoms with Crippen LogP contribution in [-0.4, -0.2) is 29.9 Å². The average molecular weight is 380 g/mol. The van der Waals surface area contributed by atoms with Crippen LogP contribution in [0.4, 0.5) is 4.39 Å². The van der Waals surface area contributed by atoms with Crippen LogP contribution in [0.5, 0.6) is 0 Å². The molecule has 0 aromatic heterocycles. The van der Waals surface area contributed by atoms with Crippen molar-refractivity contribution in [1.29, 1.82) is 0 Å². The Labute approximate surface area is 139 Å². The van der Waals surface area contributed by atoms with E-state index in [0.29, 0.717) is 24.0 Å². The van der Waals surface area contributed by atoms with E-state index < -0.39 is 0 Å². The molecule has 1 saturated heterocycles. The van der Waals surface area contributed by atoms with Gasteiger partial charge in [-0.3, -0.25) is 4.79 Å². The number of amides is 1. The third kappa shape index (κ3) is 4.41. The summed E-state index contributed by atoms with van der Waals surface area (Å²) in [4.78, 5) is 14.2. The predicted molar refractivity (Wildman–Crippen MR) is 88.0 cm³/mol. The fraction of sp³-hybridized carbons (Fsp3) is 0.533. The molecule has 2 N–H and O–H groups in total. The highest BCUT2D eigenvalue weighted by atomic mass is 79.9. The minimum Gasteiger partial charge on any atom is -0.342 e. The van der Waals surface area contributed by atoms with E-state index >= 15 is 0 Å². The first kappa shape index (κ1) is 18.4. The summed E-state index contributed by atoms with van der Waals surface area (Å²) >= 11 is 3.14. The largest absolute Gasteiger partial charge is 0.342 e. The zero-order valence-electron chi connectivity index (χ0n) is 12.2. The van der Waals surface area contributed by atoms with Crippen LogP contribution in [0.1, 0.15) is 25.8 Å². The van der Waals surface area contributed by atoms with Crippen molar-refractivity contribution < 1.29 is 9.18 Å². The molecule has 1 atom stereocenters. The molecule has 21 heavy (non-hydrogen) atoms.